The molecule has 0 spiro atoms. The van der Waals surface area contributed by atoms with Gasteiger partial charge < -0.3 is 5.32 Å². The lowest BCUT2D eigenvalue weighted by Crippen LogP contribution is -2.32. The van der Waals surface area contributed by atoms with Crippen molar-refractivity contribution in [1.29, 1.82) is 0 Å². The number of anilines is 1. The standard InChI is InChI=1S/C21H23N3O3/c1-13-5-7-15(8-6-13)14(2)23(3)12-19(25)22-16-9-10-17-18(11-16)21(27)24(4)20(17)26/h5-11,14H,12H2,1-4H3,(H,22,25). The Morgan fingerprint density at radius 2 is 1.70 bits per heavy atom. The quantitative estimate of drug-likeness (QED) is 0.827. The van der Waals surface area contributed by atoms with Crippen molar-refractivity contribution in [3.63, 3.8) is 0 Å². The third kappa shape index (κ3) is 3.75. The van der Waals surface area contributed by atoms with Crippen molar-refractivity contribution in [2.24, 2.45) is 0 Å². The normalized spacial score (nSPS) is 14.5. The summed E-state index contributed by atoms with van der Waals surface area (Å²) in [7, 11) is 3.34. The number of amides is 3. The van der Waals surface area contributed by atoms with Gasteiger partial charge in [-0.1, -0.05) is 29.8 Å². The third-order valence-electron chi connectivity index (χ3n) is 4.99. The number of imide groups is 1. The Labute approximate surface area is 158 Å². The minimum Gasteiger partial charge on any atom is -0.325 e. The number of benzene rings is 2. The largest absolute Gasteiger partial charge is 0.325 e. The zero-order valence-corrected chi connectivity index (χ0v) is 15.9. The molecular formula is C21H23N3O3. The zero-order valence-electron chi connectivity index (χ0n) is 15.9. The number of hydrogen-bond donors (Lipinski definition) is 1. The van der Waals surface area contributed by atoms with Gasteiger partial charge in [0.25, 0.3) is 11.8 Å². The Morgan fingerprint density at radius 3 is 2.37 bits per heavy atom. The van der Waals surface area contributed by atoms with Crippen LogP contribution in [0.3, 0.4) is 0 Å². The first-order valence-electron chi connectivity index (χ1n) is 8.81. The van der Waals surface area contributed by atoms with Crippen molar-refractivity contribution in [1.82, 2.24) is 9.80 Å². The van der Waals surface area contributed by atoms with Gasteiger partial charge in [-0.05, 0) is 44.7 Å². The van der Waals surface area contributed by atoms with E-state index in [9.17, 15) is 14.4 Å². The molecule has 0 aromatic heterocycles. The van der Waals surface area contributed by atoms with E-state index >= 15 is 0 Å². The third-order valence-corrected chi connectivity index (χ3v) is 4.99. The van der Waals surface area contributed by atoms with Crippen molar-refractivity contribution in [3.8, 4) is 0 Å². The summed E-state index contributed by atoms with van der Waals surface area (Å²) >= 11 is 0. The van der Waals surface area contributed by atoms with Crippen molar-refractivity contribution >= 4 is 23.4 Å². The molecule has 6 heteroatoms. The summed E-state index contributed by atoms with van der Waals surface area (Å²) in [5.74, 6) is -0.850. The summed E-state index contributed by atoms with van der Waals surface area (Å²) < 4.78 is 0. The minimum atomic E-state index is -0.351. The first-order chi connectivity index (χ1) is 12.8. The first kappa shape index (κ1) is 18.8. The van der Waals surface area contributed by atoms with E-state index in [0.717, 1.165) is 10.5 Å². The molecule has 0 aliphatic carbocycles. The molecule has 140 valence electrons. The average molecular weight is 365 g/mol. The molecule has 0 saturated heterocycles. The smallest absolute Gasteiger partial charge is 0.261 e. The molecule has 0 bridgehead atoms. The fourth-order valence-electron chi connectivity index (χ4n) is 3.10. The van der Waals surface area contributed by atoms with Crippen LogP contribution in [0.15, 0.2) is 42.5 Å². The van der Waals surface area contributed by atoms with E-state index in [0.29, 0.717) is 16.8 Å². The number of nitrogens with one attached hydrogen (secondary N) is 1. The SMILES string of the molecule is Cc1ccc(C(C)N(C)CC(=O)Nc2ccc3c(c2)C(=O)N(C)C3=O)cc1. The highest BCUT2D eigenvalue weighted by Gasteiger charge is 2.32. The van der Waals surface area contributed by atoms with Crippen LogP contribution in [0.5, 0.6) is 0 Å². The number of carbonyl (C=O) groups is 3. The van der Waals surface area contributed by atoms with Crippen LogP contribution in [-0.4, -0.2) is 48.2 Å². The molecule has 2 aromatic carbocycles. The van der Waals surface area contributed by atoms with Crippen LogP contribution in [0.4, 0.5) is 5.69 Å². The van der Waals surface area contributed by atoms with Gasteiger partial charge in [0.2, 0.25) is 5.91 Å². The highest BCUT2D eigenvalue weighted by Crippen LogP contribution is 2.25. The van der Waals surface area contributed by atoms with E-state index < -0.39 is 0 Å². The molecule has 0 fully saturated rings. The van der Waals surface area contributed by atoms with Crippen molar-refractivity contribution in [3.05, 3.63) is 64.7 Å². The summed E-state index contributed by atoms with van der Waals surface area (Å²) in [5, 5.41) is 2.81. The molecule has 3 rings (SSSR count). The summed E-state index contributed by atoms with van der Waals surface area (Å²) in [6.07, 6.45) is 0. The molecule has 27 heavy (non-hydrogen) atoms. The van der Waals surface area contributed by atoms with E-state index in [1.54, 1.807) is 18.2 Å². The Morgan fingerprint density at radius 1 is 1.07 bits per heavy atom. The van der Waals surface area contributed by atoms with Gasteiger partial charge in [0.1, 0.15) is 0 Å². The Hall–Kier alpha value is -2.99. The van der Waals surface area contributed by atoms with E-state index in [2.05, 4.69) is 29.6 Å². The lowest BCUT2D eigenvalue weighted by atomic mass is 10.1. The van der Waals surface area contributed by atoms with Crippen molar-refractivity contribution in [2.75, 3.05) is 26.0 Å². The number of carbonyl (C=O) groups excluding carboxylic acids is 3. The number of aryl methyl sites for hydroxylation is 1. The summed E-state index contributed by atoms with van der Waals surface area (Å²) in [6.45, 7) is 4.30. The molecule has 0 radical (unpaired) electrons. The molecule has 1 aliphatic heterocycles. The van der Waals surface area contributed by atoms with Gasteiger partial charge in [-0.15, -0.1) is 0 Å². The number of rotatable bonds is 5. The molecular weight excluding hydrogens is 342 g/mol. The molecule has 1 aliphatic rings. The van der Waals surface area contributed by atoms with Gasteiger partial charge in [0, 0.05) is 18.8 Å². The maximum atomic E-state index is 12.4. The van der Waals surface area contributed by atoms with Crippen LogP contribution in [0.25, 0.3) is 0 Å². The molecule has 1 heterocycles. The molecule has 1 atom stereocenters. The monoisotopic (exact) mass is 365 g/mol. The maximum Gasteiger partial charge on any atom is 0.261 e. The second-order valence-electron chi connectivity index (χ2n) is 6.98. The Kier molecular flexibility index (Phi) is 5.10. The van der Waals surface area contributed by atoms with Gasteiger partial charge in [0.05, 0.1) is 17.7 Å². The van der Waals surface area contributed by atoms with Crippen LogP contribution in [0.2, 0.25) is 0 Å². The lowest BCUT2D eigenvalue weighted by molar-refractivity contribution is -0.117. The number of likely N-dealkylation sites (N-methyl/N-ethyl adjacent to an activating group) is 1. The first-order valence-corrected chi connectivity index (χ1v) is 8.81. The number of fused-ring (bicyclic) bond motifs is 1. The van der Waals surface area contributed by atoms with Gasteiger partial charge in [-0.25, -0.2) is 0 Å². The fraction of sp³-hybridized carbons (Fsp3) is 0.286. The molecule has 6 nitrogen and oxygen atoms in total. The highest BCUT2D eigenvalue weighted by atomic mass is 16.2. The topological polar surface area (TPSA) is 69.7 Å². The van der Waals surface area contributed by atoms with Gasteiger partial charge >= 0.3 is 0 Å². The number of nitrogens with zero attached hydrogens (tertiary/aromatic N) is 2. The summed E-state index contributed by atoms with van der Waals surface area (Å²) in [4.78, 5) is 39.4. The molecule has 1 N–H and O–H groups in total. The number of hydrogen-bond acceptors (Lipinski definition) is 4. The highest BCUT2D eigenvalue weighted by molar-refractivity contribution is 6.21. The maximum absolute atomic E-state index is 12.4. The van der Waals surface area contributed by atoms with Crippen LogP contribution in [-0.2, 0) is 4.79 Å². The van der Waals surface area contributed by atoms with Gasteiger partial charge in [-0.2, -0.15) is 0 Å². The lowest BCUT2D eigenvalue weighted by Gasteiger charge is -2.24. The zero-order chi connectivity index (χ0) is 19.7. The van der Waals surface area contributed by atoms with E-state index in [1.807, 2.05) is 25.8 Å². The van der Waals surface area contributed by atoms with Crippen LogP contribution >= 0.6 is 0 Å². The van der Waals surface area contributed by atoms with Crippen LogP contribution in [0, 0.1) is 6.92 Å². The Bertz CT molecular complexity index is 905. The summed E-state index contributed by atoms with van der Waals surface area (Å²) in [6, 6.07) is 13.1. The van der Waals surface area contributed by atoms with E-state index in [4.69, 9.17) is 0 Å². The Balaban J connectivity index is 1.65. The molecule has 1 unspecified atom stereocenters. The van der Waals surface area contributed by atoms with Crippen molar-refractivity contribution < 1.29 is 14.4 Å². The predicted molar refractivity (Wildman–Crippen MR) is 104 cm³/mol. The molecule has 0 saturated carbocycles. The average Bonchev–Trinajstić information content (AvgIpc) is 2.85. The van der Waals surface area contributed by atoms with Crippen molar-refractivity contribution in [2.45, 2.75) is 19.9 Å². The summed E-state index contributed by atoms with van der Waals surface area (Å²) in [5.41, 5.74) is 3.53. The molecule has 3 amide bonds. The second kappa shape index (κ2) is 7.32. The van der Waals surface area contributed by atoms with E-state index in [1.165, 1.54) is 12.6 Å². The van der Waals surface area contributed by atoms with Gasteiger partial charge in [0.15, 0.2) is 0 Å². The predicted octanol–water partition coefficient (Wildman–Crippen LogP) is 2.85. The molecule has 2 aromatic rings. The van der Waals surface area contributed by atoms with E-state index in [-0.39, 0.29) is 30.3 Å². The van der Waals surface area contributed by atoms with Crippen LogP contribution in [0.1, 0.15) is 44.8 Å². The fourth-order valence-corrected chi connectivity index (χ4v) is 3.10. The van der Waals surface area contributed by atoms with Gasteiger partial charge in [-0.3, -0.25) is 24.2 Å². The van der Waals surface area contributed by atoms with Crippen LogP contribution < -0.4 is 5.32 Å². The minimum absolute atomic E-state index is 0.0872. The second-order valence-corrected chi connectivity index (χ2v) is 6.98.